The third-order valence-electron chi connectivity index (χ3n) is 12.1. The maximum absolute atomic E-state index is 13.1. The zero-order valence-electron chi connectivity index (χ0n) is 37.7. The van der Waals surface area contributed by atoms with Crippen molar-refractivity contribution in [3.8, 4) is 0 Å². The summed E-state index contributed by atoms with van der Waals surface area (Å²) >= 11 is 0. The van der Waals surface area contributed by atoms with Crippen LogP contribution in [0.5, 0.6) is 0 Å². The smallest absolute Gasteiger partial charge is 0.249 e. The van der Waals surface area contributed by atoms with Crippen LogP contribution >= 0.6 is 0 Å². The molecule has 0 aliphatic carbocycles. The molecule has 1 amide bonds. The Morgan fingerprint density at radius 1 is 0.593 bits per heavy atom. The van der Waals surface area contributed by atoms with Gasteiger partial charge in [0.05, 0.1) is 25.4 Å². The fraction of sp³-hybridized carbons (Fsp3) is 0.938. The van der Waals surface area contributed by atoms with Gasteiger partial charge in [0.15, 0.2) is 6.29 Å². The summed E-state index contributed by atoms with van der Waals surface area (Å²) in [5.41, 5.74) is 0. The van der Waals surface area contributed by atoms with E-state index in [0.717, 1.165) is 38.5 Å². The van der Waals surface area contributed by atoms with Crippen molar-refractivity contribution < 1.29 is 50.0 Å². The molecule has 0 aromatic rings. The molecule has 1 saturated heterocycles. The Bertz CT molecular complexity index is 970. The Labute approximate surface area is 360 Å². The summed E-state index contributed by atoms with van der Waals surface area (Å²) in [6, 6.07) is -1.18. The molecule has 9 unspecified atom stereocenters. The number of amides is 1. The number of allylic oxidation sites excluding steroid dienone is 1. The summed E-state index contributed by atoms with van der Waals surface area (Å²) in [5, 5.41) is 75.5. The van der Waals surface area contributed by atoms with E-state index >= 15 is 0 Å². The zero-order valence-corrected chi connectivity index (χ0v) is 37.7. The lowest BCUT2D eigenvalue weighted by atomic mass is 9.98. The van der Waals surface area contributed by atoms with Crippen LogP contribution in [-0.2, 0) is 14.3 Å². The quantitative estimate of drug-likeness (QED) is 0.0219. The molecule has 350 valence electrons. The number of hydrogen-bond donors (Lipinski definition) is 8. The first kappa shape index (κ1) is 55.9. The number of ether oxygens (including phenoxy) is 2. The molecule has 1 aliphatic rings. The molecule has 8 N–H and O–H groups in total. The second-order valence-electron chi connectivity index (χ2n) is 17.5. The van der Waals surface area contributed by atoms with E-state index in [2.05, 4.69) is 19.2 Å². The van der Waals surface area contributed by atoms with Gasteiger partial charge < -0.3 is 50.5 Å². The van der Waals surface area contributed by atoms with Gasteiger partial charge in [-0.25, -0.2) is 0 Å². The molecule has 11 heteroatoms. The summed E-state index contributed by atoms with van der Waals surface area (Å²) in [7, 11) is 0. The van der Waals surface area contributed by atoms with Crippen molar-refractivity contribution in [3.05, 3.63) is 12.2 Å². The van der Waals surface area contributed by atoms with E-state index in [0.29, 0.717) is 12.8 Å². The number of hydrogen-bond acceptors (Lipinski definition) is 10. The van der Waals surface area contributed by atoms with E-state index in [-0.39, 0.29) is 6.42 Å². The standard InChI is InChI=1S/C48H93NO10/c1-3-5-7-9-11-13-15-16-17-18-19-20-21-22-23-24-25-26-28-30-32-34-36-41(52)47(57)49-39(38-58-48-46(56)45(55)44(54)42(37-50)59-48)43(53)40(51)35-33-31-29-27-14-12-10-8-6-4-2/h32,34,39-46,48,50-56H,3-31,33,35-38H2,1-2H3,(H,49,57). The van der Waals surface area contributed by atoms with E-state index in [1.54, 1.807) is 6.08 Å². The summed E-state index contributed by atoms with van der Waals surface area (Å²) in [6.07, 6.45) is 30.1. The van der Waals surface area contributed by atoms with Crippen molar-refractivity contribution >= 4 is 5.91 Å². The lowest BCUT2D eigenvalue weighted by molar-refractivity contribution is -0.303. The molecule has 9 atom stereocenters. The van der Waals surface area contributed by atoms with Gasteiger partial charge in [-0.3, -0.25) is 4.79 Å². The van der Waals surface area contributed by atoms with Gasteiger partial charge >= 0.3 is 0 Å². The number of carbonyl (C=O) groups excluding carboxylic acids is 1. The molecular formula is C48H93NO10. The van der Waals surface area contributed by atoms with Gasteiger partial charge in [0, 0.05) is 6.42 Å². The number of aliphatic hydroxyl groups excluding tert-OH is 7. The summed E-state index contributed by atoms with van der Waals surface area (Å²) in [6.45, 7) is 3.41. The van der Waals surface area contributed by atoms with Crippen LogP contribution < -0.4 is 5.32 Å². The average molecular weight is 844 g/mol. The Hall–Kier alpha value is -1.15. The van der Waals surface area contributed by atoms with Crippen LogP contribution in [0.1, 0.15) is 219 Å². The molecule has 0 aromatic heterocycles. The fourth-order valence-corrected chi connectivity index (χ4v) is 7.98. The predicted molar refractivity (Wildman–Crippen MR) is 238 cm³/mol. The topological polar surface area (TPSA) is 189 Å². The molecule has 0 saturated carbocycles. The largest absolute Gasteiger partial charge is 0.394 e. The van der Waals surface area contributed by atoms with Crippen molar-refractivity contribution in [2.45, 2.75) is 274 Å². The minimum absolute atomic E-state index is 0.0858. The summed E-state index contributed by atoms with van der Waals surface area (Å²) < 4.78 is 11.1. The highest BCUT2D eigenvalue weighted by Crippen LogP contribution is 2.23. The van der Waals surface area contributed by atoms with E-state index < -0.39 is 74.2 Å². The Morgan fingerprint density at radius 3 is 1.46 bits per heavy atom. The summed E-state index contributed by atoms with van der Waals surface area (Å²) in [5.74, 6) is -0.745. The molecule has 1 aliphatic heterocycles. The van der Waals surface area contributed by atoms with E-state index in [1.165, 1.54) is 148 Å². The second-order valence-corrected chi connectivity index (χ2v) is 17.5. The van der Waals surface area contributed by atoms with Crippen molar-refractivity contribution in [2.75, 3.05) is 13.2 Å². The zero-order chi connectivity index (χ0) is 43.4. The van der Waals surface area contributed by atoms with Gasteiger partial charge in [-0.15, -0.1) is 0 Å². The van der Waals surface area contributed by atoms with Gasteiger partial charge in [-0.05, 0) is 19.3 Å². The number of nitrogens with one attached hydrogen (secondary N) is 1. The highest BCUT2D eigenvalue weighted by Gasteiger charge is 2.44. The van der Waals surface area contributed by atoms with Crippen LogP contribution in [0.4, 0.5) is 0 Å². The molecule has 1 heterocycles. The van der Waals surface area contributed by atoms with Crippen molar-refractivity contribution in [1.29, 1.82) is 0 Å². The molecule has 59 heavy (non-hydrogen) atoms. The lowest BCUT2D eigenvalue weighted by Crippen LogP contribution is -2.60. The molecule has 1 fully saturated rings. The Morgan fingerprint density at radius 2 is 1.02 bits per heavy atom. The molecular weight excluding hydrogens is 751 g/mol. The molecule has 0 bridgehead atoms. The summed E-state index contributed by atoms with van der Waals surface area (Å²) in [4.78, 5) is 13.1. The first-order chi connectivity index (χ1) is 28.7. The third kappa shape index (κ3) is 28.2. The molecule has 1 rings (SSSR count). The van der Waals surface area contributed by atoms with Crippen LogP contribution in [0.25, 0.3) is 0 Å². The first-order valence-corrected chi connectivity index (χ1v) is 24.6. The molecule has 0 aromatic carbocycles. The van der Waals surface area contributed by atoms with E-state index in [1.807, 2.05) is 6.08 Å². The third-order valence-corrected chi connectivity index (χ3v) is 12.1. The maximum Gasteiger partial charge on any atom is 0.249 e. The van der Waals surface area contributed by atoms with Gasteiger partial charge in [-0.2, -0.15) is 0 Å². The SMILES string of the molecule is CCCCCCCCCCCCCCCCCCCCCC=CCC(O)C(=O)NC(COC1OC(CO)C(O)C(O)C1O)C(O)C(O)CCCCCCCCCCCC. The predicted octanol–water partition coefficient (Wildman–Crippen LogP) is 8.45. The lowest BCUT2D eigenvalue weighted by Gasteiger charge is -2.40. The van der Waals surface area contributed by atoms with Crippen LogP contribution in [0, 0.1) is 0 Å². The van der Waals surface area contributed by atoms with Gasteiger partial charge in [0.2, 0.25) is 5.91 Å². The number of carbonyl (C=O) groups is 1. The van der Waals surface area contributed by atoms with Gasteiger partial charge in [0.25, 0.3) is 0 Å². The van der Waals surface area contributed by atoms with Crippen molar-refractivity contribution in [3.63, 3.8) is 0 Å². The number of aliphatic hydroxyl groups is 7. The highest BCUT2D eigenvalue weighted by atomic mass is 16.7. The fourth-order valence-electron chi connectivity index (χ4n) is 7.98. The number of rotatable bonds is 41. The van der Waals surface area contributed by atoms with E-state index in [4.69, 9.17) is 9.47 Å². The second kappa shape index (κ2) is 38.5. The van der Waals surface area contributed by atoms with Crippen LogP contribution in [0.15, 0.2) is 12.2 Å². The molecule has 0 radical (unpaired) electrons. The highest BCUT2D eigenvalue weighted by molar-refractivity contribution is 5.81. The van der Waals surface area contributed by atoms with Crippen LogP contribution in [-0.4, -0.2) is 110 Å². The first-order valence-electron chi connectivity index (χ1n) is 24.6. The molecule has 11 nitrogen and oxygen atoms in total. The average Bonchev–Trinajstić information content (AvgIpc) is 3.23. The monoisotopic (exact) mass is 844 g/mol. The van der Waals surface area contributed by atoms with E-state index in [9.17, 15) is 40.5 Å². The number of unbranched alkanes of at least 4 members (excludes halogenated alkanes) is 28. The van der Waals surface area contributed by atoms with Crippen LogP contribution in [0.3, 0.4) is 0 Å². The van der Waals surface area contributed by atoms with Crippen LogP contribution in [0.2, 0.25) is 0 Å². The minimum atomic E-state index is -1.66. The van der Waals surface area contributed by atoms with Crippen molar-refractivity contribution in [2.24, 2.45) is 0 Å². The van der Waals surface area contributed by atoms with Gasteiger partial charge in [-0.1, -0.05) is 206 Å². The Balaban J connectivity index is 2.36. The maximum atomic E-state index is 13.1. The normalized spacial score (nSPS) is 21.8. The van der Waals surface area contributed by atoms with Crippen molar-refractivity contribution in [1.82, 2.24) is 5.32 Å². The Kier molecular flexibility index (Phi) is 36.5. The molecule has 0 spiro atoms. The minimum Gasteiger partial charge on any atom is -0.394 e. The van der Waals surface area contributed by atoms with Gasteiger partial charge in [0.1, 0.15) is 36.6 Å².